The number of aliphatic imine (C=N–C) groups is 1. The number of hydrogen-bond donors (Lipinski definition) is 9. The molecule has 9 N–H and O–H groups in total. The van der Waals surface area contributed by atoms with Crippen LogP contribution in [0.1, 0.15) is 111 Å². The van der Waals surface area contributed by atoms with Crippen LogP contribution in [0.5, 0.6) is 11.5 Å². The molecule has 3 aromatic heterocycles. The molecule has 0 saturated carbocycles. The van der Waals surface area contributed by atoms with Crippen molar-refractivity contribution in [2.75, 3.05) is 13.6 Å². The molecule has 1 aliphatic rings. The zero-order chi connectivity index (χ0) is 77.4. The summed E-state index contributed by atoms with van der Waals surface area (Å²) in [5.74, 6) is -7.76. The van der Waals surface area contributed by atoms with Crippen molar-refractivity contribution in [3.05, 3.63) is 263 Å². The molecule has 37 heteroatoms. The van der Waals surface area contributed by atoms with Gasteiger partial charge in [0.2, 0.25) is 5.76 Å². The molecule has 22 nitrogen and oxygen atoms in total. The minimum Gasteiger partial charge on any atom is -0.650 e. The molecule has 0 spiro atoms. The van der Waals surface area contributed by atoms with Gasteiger partial charge in [-0.1, -0.05) is 170 Å². The number of aliphatic carboxylic acids is 1. The first-order valence-corrected chi connectivity index (χ1v) is 30.2. The van der Waals surface area contributed by atoms with Crippen LogP contribution in [-0.2, 0) is 200 Å². The number of nitrogens with zero attached hydrogens (tertiary/aromatic N) is 6. The normalized spacial score (nSPS) is 11.8. The number of rotatable bonds is 11. The third-order valence-corrected chi connectivity index (χ3v) is 12.2. The average molecular weight is 3150 g/mol. The summed E-state index contributed by atoms with van der Waals surface area (Å²) >= 11 is 0. The Labute approximate surface area is 759 Å². The van der Waals surface area contributed by atoms with Gasteiger partial charge in [0.05, 0.1) is 11.3 Å². The number of carboxylic acids is 3. The zero-order valence-electron chi connectivity index (χ0n) is 59.8. The third-order valence-electron chi connectivity index (χ3n) is 12.2. The van der Waals surface area contributed by atoms with E-state index in [1.165, 1.54) is 50.4 Å². The number of aromatic hydroxyl groups is 2. The van der Waals surface area contributed by atoms with Gasteiger partial charge < -0.3 is 51.3 Å². The fourth-order valence-corrected chi connectivity index (χ4v) is 6.95. The number of carboxylic acid groups (broad SMARTS) is 3. The number of aliphatic hydroxyl groups is 4. The van der Waals surface area contributed by atoms with Gasteiger partial charge in [-0.2, -0.15) is 31.4 Å². The maximum Gasteiger partial charge on any atom is 0.454 e. The zero-order valence-corrected chi connectivity index (χ0v) is 81.4. The Morgan fingerprint density at radius 2 is 0.991 bits per heavy atom. The number of fused-ring (bicyclic) bond motifs is 1. The minimum atomic E-state index is -5.42. The average Bonchev–Trinajstić information content (AvgIpc) is 1.81. The number of allylic oxidation sites excluding steroid dienone is 7. The smallest absolute Gasteiger partial charge is 0.454 e. The standard InChI is InChI=1S/C15H12O2.C11H20O2.C10H7NO2.C9H8N2O.C8H9NO.C6H5NO2.C5H2F6O2.C5H8NO2.C5H8O2.9Ir/c16-14(12-7-3-1-4-8-12)11-15(17)13-9-5-2-6-10-13;1-10(2,3)8(12)7-9(13)11(4,5)6;12-10(13)9-6-5-7-3-1-2-4-8(7)11-9;12-9-5-2-1-4-8(9)11-7-3-6-10-11;1-9-6-7-4-2-3-5-8(7)10;8-6(9)5-3-1-2-4-7-5;6-4(7,8)2(12)1-3(13)5(9,10)11;7-5(8)4-2-1-3-6-4;1-4(6)3-5(2)7;;;;;;;;;/h1-11,16H;7,12H,1-6H3;1-6H,(H,12,13);1-7,12H;2-6,10H,1H3;1-4H,(H,8,9);1,12H;4H,1-3H2,(H,7,8);3,6H,1-2H3;;;;;;;;;/q;;;;;;;-1;;;;;;;;;;. The molecule has 4 heterocycles. The number of aromatic carboxylic acids is 2. The first-order valence-electron chi connectivity index (χ1n) is 30.2. The summed E-state index contributed by atoms with van der Waals surface area (Å²) in [7, 11) is 1.67. The minimum absolute atomic E-state index is 0. The largest absolute Gasteiger partial charge is 0.650 e. The fourth-order valence-electron chi connectivity index (χ4n) is 6.95. The Morgan fingerprint density at radius 1 is 0.505 bits per heavy atom. The number of hydrogen-bond acceptors (Lipinski definition) is 17. The second-order valence-corrected chi connectivity index (χ2v) is 22.8. The number of carbonyl (C=O) groups is 7. The van der Waals surface area contributed by atoms with Crippen molar-refractivity contribution in [2.24, 2.45) is 15.8 Å². The molecule has 1 aliphatic heterocycles. The van der Waals surface area contributed by atoms with Crippen molar-refractivity contribution < 1.29 is 287 Å². The van der Waals surface area contributed by atoms with E-state index in [0.717, 1.165) is 30.3 Å². The number of aliphatic hydroxyl groups excluding tert-OH is 4. The van der Waals surface area contributed by atoms with Crippen molar-refractivity contribution in [3.8, 4) is 17.2 Å². The van der Waals surface area contributed by atoms with Gasteiger partial charge in [-0.3, -0.25) is 29.0 Å². The molecule has 1 unspecified atom stereocenters. The number of halogens is 6. The van der Waals surface area contributed by atoms with Gasteiger partial charge in [0.1, 0.15) is 40.1 Å². The summed E-state index contributed by atoms with van der Waals surface area (Å²) in [6.07, 6.45) is 0.261. The SMILES string of the molecule is CC(=O)C=C(C)O.CC(C)(C)C(=O)C=C(O)C(C)(C)C.CN=Cc1ccccc1O.O=C(C=C(O)C(F)(F)F)C(F)(F)F.O=C(C=C(O)c1ccccc1)c1ccccc1.O=C(O)C1CCC[N-]1.O=C(O)c1ccc2ccccc2n1.O=C(O)c1ccccn1.Oc1ccccc1-n1cccn1.[Ir].[Ir].[Ir].[Ir].[Ir].[Ir].[Ir].[Ir].[Ir]. The Balaban J connectivity index is -0.000000151. The van der Waals surface area contributed by atoms with Crippen LogP contribution in [0, 0.1) is 10.8 Å². The second kappa shape index (κ2) is 64.1. The first kappa shape index (κ1) is 123. The summed E-state index contributed by atoms with van der Waals surface area (Å²) in [5, 5.41) is 88.3. The van der Waals surface area contributed by atoms with Crippen molar-refractivity contribution in [1.29, 1.82) is 0 Å². The summed E-state index contributed by atoms with van der Waals surface area (Å²) < 4.78 is 69.7. The summed E-state index contributed by atoms with van der Waals surface area (Å²) in [6, 6.07) is 48.9. The van der Waals surface area contributed by atoms with Gasteiger partial charge in [0, 0.05) is 270 Å². The molecular weight excluding hydrogens is 3070 g/mol. The Kier molecular flexibility index (Phi) is 71.0. The number of ketones is 4. The van der Waals surface area contributed by atoms with Gasteiger partial charge in [-0.25, -0.2) is 24.2 Å². The van der Waals surface area contributed by atoms with Gasteiger partial charge in [-0.05, 0) is 74.5 Å². The molecule has 9 radical (unpaired) electrons. The molecule has 8 aromatic rings. The number of para-hydroxylation sites is 4. The Morgan fingerprint density at radius 3 is 1.38 bits per heavy atom. The van der Waals surface area contributed by atoms with Crippen LogP contribution < -0.4 is 0 Å². The van der Waals surface area contributed by atoms with E-state index in [1.807, 2.05) is 114 Å². The predicted molar refractivity (Wildman–Crippen MR) is 373 cm³/mol. The third kappa shape index (κ3) is 54.2. The van der Waals surface area contributed by atoms with Crippen LogP contribution >= 0.6 is 0 Å². The molecule has 625 valence electrons. The summed E-state index contributed by atoms with van der Waals surface area (Å²) in [4.78, 5) is 85.3. The number of alkyl halides is 6. The van der Waals surface area contributed by atoms with E-state index >= 15 is 0 Å². The van der Waals surface area contributed by atoms with E-state index < -0.39 is 59.3 Å². The van der Waals surface area contributed by atoms with Crippen molar-refractivity contribution in [1.82, 2.24) is 19.7 Å². The van der Waals surface area contributed by atoms with E-state index in [-0.39, 0.29) is 244 Å². The molecule has 1 saturated heterocycles. The maximum absolute atomic E-state index is 11.8. The molecule has 1 fully saturated rings. The van der Waals surface area contributed by atoms with E-state index in [2.05, 4.69) is 25.4 Å². The molecule has 9 rings (SSSR count). The molecule has 0 bridgehead atoms. The molecule has 0 amide bonds. The van der Waals surface area contributed by atoms with Gasteiger partial charge in [0.15, 0.2) is 17.3 Å². The van der Waals surface area contributed by atoms with Gasteiger partial charge in [0.25, 0.3) is 11.8 Å². The predicted octanol–water partition coefficient (Wildman–Crippen LogP) is 16.0. The van der Waals surface area contributed by atoms with Crippen LogP contribution in [0.4, 0.5) is 26.3 Å². The first-order chi connectivity index (χ1) is 47.6. The number of aromatic nitrogens is 4. The maximum atomic E-state index is 11.8. The number of benzene rings is 5. The van der Waals surface area contributed by atoms with E-state index in [0.29, 0.717) is 22.3 Å². The van der Waals surface area contributed by atoms with Crippen LogP contribution in [0.25, 0.3) is 27.7 Å². The van der Waals surface area contributed by atoms with Gasteiger partial charge in [-0.15, -0.1) is 6.54 Å². The fraction of sp³-hybridized carbons (Fsp3) is 0.230. The molecular formula is C74H79F6Ir9N6O16-. The quantitative estimate of drug-likeness (QED) is 0.0191. The number of phenols is 2. The summed E-state index contributed by atoms with van der Waals surface area (Å²) in [6.45, 7) is 14.7. The monoisotopic (exact) mass is 3160 g/mol. The van der Waals surface area contributed by atoms with Gasteiger partial charge >= 0.3 is 24.3 Å². The second-order valence-electron chi connectivity index (χ2n) is 22.8. The molecule has 1 atom stereocenters. The van der Waals surface area contributed by atoms with Crippen molar-refractivity contribution in [2.45, 2.75) is 86.6 Å². The van der Waals surface area contributed by atoms with Crippen LogP contribution in [-0.4, -0.2) is 145 Å². The van der Waals surface area contributed by atoms with Crippen molar-refractivity contribution in [3.63, 3.8) is 0 Å². The molecule has 111 heavy (non-hydrogen) atoms. The molecule has 0 aliphatic carbocycles. The van der Waals surface area contributed by atoms with E-state index in [4.69, 9.17) is 30.6 Å². The summed E-state index contributed by atoms with van der Waals surface area (Å²) in [5.41, 5.74) is 2.76. The Hall–Kier alpha value is -6.23. The van der Waals surface area contributed by atoms with E-state index in [1.54, 1.807) is 115 Å². The van der Waals surface area contributed by atoms with E-state index in [9.17, 15) is 75.2 Å². The van der Waals surface area contributed by atoms with Crippen LogP contribution in [0.15, 0.2) is 235 Å². The Bertz CT molecular complexity index is 4100. The van der Waals surface area contributed by atoms with Crippen LogP contribution in [0.2, 0.25) is 0 Å². The number of carbonyl (C=O) groups excluding carboxylic acids is 4. The van der Waals surface area contributed by atoms with Crippen LogP contribution in [0.3, 0.4) is 0 Å². The topological polar surface area (TPSA) is 372 Å². The molecule has 5 aromatic carbocycles. The number of phenolic OH excluding ortho intramolecular Hbond substituents is 2. The number of pyridine rings is 2. The van der Waals surface area contributed by atoms with Crippen molar-refractivity contribution >= 4 is 63.9 Å².